The molecule has 0 spiro atoms. The Labute approximate surface area is 192 Å². The van der Waals surface area contributed by atoms with Crippen molar-refractivity contribution < 1.29 is 22.9 Å². The van der Waals surface area contributed by atoms with Crippen molar-refractivity contribution in [2.45, 2.75) is 43.2 Å². The normalized spacial score (nSPS) is 23.8. The van der Waals surface area contributed by atoms with Gasteiger partial charge in [-0.1, -0.05) is 30.7 Å². The van der Waals surface area contributed by atoms with Crippen LogP contribution in [-0.2, 0) is 30.6 Å². The number of amidine groups is 1. The summed E-state index contributed by atoms with van der Waals surface area (Å²) >= 11 is 0. The third kappa shape index (κ3) is 4.98. The van der Waals surface area contributed by atoms with Crippen molar-refractivity contribution >= 4 is 33.1 Å². The molecule has 1 fully saturated rings. The number of amides is 1. The summed E-state index contributed by atoms with van der Waals surface area (Å²) in [6.45, 7) is 0.211. The van der Waals surface area contributed by atoms with Crippen LogP contribution in [0.2, 0.25) is 0 Å². The predicted molar refractivity (Wildman–Crippen MR) is 123 cm³/mol. The van der Waals surface area contributed by atoms with Crippen molar-refractivity contribution in [3.63, 3.8) is 0 Å². The first kappa shape index (κ1) is 23.1. The van der Waals surface area contributed by atoms with E-state index >= 15 is 0 Å². The SMILES string of the molecule is COC(=O)C1CCC[C@@H]1N(Cc1ccc(F)cc1)C(=O)CC1=Nc2ccccc2S(C)(=O)=N1. The van der Waals surface area contributed by atoms with Crippen molar-refractivity contribution in [2.75, 3.05) is 13.4 Å². The number of hydrogen-bond donors (Lipinski definition) is 0. The maximum absolute atomic E-state index is 13.5. The van der Waals surface area contributed by atoms with Crippen molar-refractivity contribution in [3.8, 4) is 0 Å². The first-order valence-electron chi connectivity index (χ1n) is 10.8. The standard InChI is InChI=1S/C24H26FN3O4S/c1-32-24(30)18-6-5-8-20(18)28(15-16-10-12-17(25)13-11-16)23(29)14-22-26-19-7-3-4-9-21(19)33(2,31)27-22/h3-4,7,9-13,18,20H,5-6,8,14-15H2,1-2H3/t18?,20-,33?/m0/s1. The lowest BCUT2D eigenvalue weighted by Gasteiger charge is -2.32. The molecule has 9 heteroatoms. The van der Waals surface area contributed by atoms with Gasteiger partial charge in [0.2, 0.25) is 5.91 Å². The molecule has 1 aliphatic carbocycles. The van der Waals surface area contributed by atoms with Crippen LogP contribution in [0.5, 0.6) is 0 Å². The van der Waals surface area contributed by atoms with Crippen LogP contribution in [-0.4, -0.2) is 46.2 Å². The number of para-hydroxylation sites is 1. The second-order valence-corrected chi connectivity index (χ2v) is 10.6. The minimum Gasteiger partial charge on any atom is -0.469 e. The van der Waals surface area contributed by atoms with Crippen LogP contribution >= 0.6 is 0 Å². The van der Waals surface area contributed by atoms with E-state index in [1.807, 2.05) is 0 Å². The topological polar surface area (TPSA) is 88.4 Å². The highest BCUT2D eigenvalue weighted by Crippen LogP contribution is 2.34. The van der Waals surface area contributed by atoms with Gasteiger partial charge in [0.15, 0.2) is 0 Å². The zero-order valence-corrected chi connectivity index (χ0v) is 19.4. The van der Waals surface area contributed by atoms with Crippen molar-refractivity contribution in [2.24, 2.45) is 15.3 Å². The van der Waals surface area contributed by atoms with Crippen molar-refractivity contribution in [1.29, 1.82) is 0 Å². The Morgan fingerprint density at radius 3 is 2.61 bits per heavy atom. The molecule has 7 nitrogen and oxygen atoms in total. The third-order valence-electron chi connectivity index (χ3n) is 6.08. The number of methoxy groups -OCH3 is 1. The zero-order chi connectivity index (χ0) is 23.6. The molecule has 2 aliphatic rings. The molecule has 0 radical (unpaired) electrons. The van der Waals surface area contributed by atoms with E-state index in [-0.39, 0.29) is 42.5 Å². The van der Waals surface area contributed by atoms with Gasteiger partial charge >= 0.3 is 5.97 Å². The fraction of sp³-hybridized carbons (Fsp3) is 0.375. The molecule has 1 heterocycles. The summed E-state index contributed by atoms with van der Waals surface area (Å²) in [6.07, 6.45) is 3.46. The Bertz CT molecular complexity index is 1220. The van der Waals surface area contributed by atoms with E-state index in [0.29, 0.717) is 23.4 Å². The molecule has 4 rings (SSSR count). The highest BCUT2D eigenvalue weighted by Gasteiger charge is 2.40. The summed E-state index contributed by atoms with van der Waals surface area (Å²) in [4.78, 5) is 32.5. The molecular formula is C24H26FN3O4S. The largest absolute Gasteiger partial charge is 0.469 e. The minimum absolute atomic E-state index is 0.148. The van der Waals surface area contributed by atoms with E-state index in [0.717, 1.165) is 12.0 Å². The van der Waals surface area contributed by atoms with Gasteiger partial charge in [-0.25, -0.2) is 13.6 Å². The van der Waals surface area contributed by atoms with Crippen LogP contribution in [0.4, 0.5) is 10.1 Å². The monoisotopic (exact) mass is 471 g/mol. The van der Waals surface area contributed by atoms with Crippen LogP contribution in [0.15, 0.2) is 62.8 Å². The molecule has 0 N–H and O–H groups in total. The van der Waals surface area contributed by atoms with Gasteiger partial charge in [-0.2, -0.15) is 4.36 Å². The molecule has 174 valence electrons. The lowest BCUT2D eigenvalue weighted by atomic mass is 10.0. The zero-order valence-electron chi connectivity index (χ0n) is 18.6. The highest BCUT2D eigenvalue weighted by atomic mass is 32.2. The minimum atomic E-state index is -2.72. The Hall–Kier alpha value is -3.07. The van der Waals surface area contributed by atoms with Crippen LogP contribution in [0.25, 0.3) is 0 Å². The average Bonchev–Trinajstić information content (AvgIpc) is 3.27. The van der Waals surface area contributed by atoms with Gasteiger partial charge in [-0.15, -0.1) is 0 Å². The summed E-state index contributed by atoms with van der Waals surface area (Å²) < 4.78 is 35.7. The molecule has 1 saturated carbocycles. The molecule has 2 aromatic rings. The molecule has 3 atom stereocenters. The number of benzene rings is 2. The Balaban J connectivity index is 1.64. The van der Waals surface area contributed by atoms with Crippen LogP contribution in [0, 0.1) is 11.7 Å². The first-order valence-corrected chi connectivity index (χ1v) is 12.7. The second kappa shape index (κ2) is 9.43. The molecule has 1 amide bonds. The number of ether oxygens (including phenoxy) is 1. The number of hydrogen-bond acceptors (Lipinski definition) is 6. The number of carbonyl (C=O) groups is 2. The lowest BCUT2D eigenvalue weighted by molar-refractivity contribution is -0.149. The Morgan fingerprint density at radius 2 is 1.88 bits per heavy atom. The van der Waals surface area contributed by atoms with E-state index in [9.17, 15) is 18.2 Å². The van der Waals surface area contributed by atoms with Crippen LogP contribution in [0.3, 0.4) is 0 Å². The third-order valence-corrected chi connectivity index (χ3v) is 7.80. The fourth-order valence-corrected chi connectivity index (χ4v) is 5.94. The van der Waals surface area contributed by atoms with E-state index in [1.165, 1.54) is 25.5 Å². The van der Waals surface area contributed by atoms with Gasteiger partial charge in [-0.05, 0) is 42.7 Å². The van der Waals surface area contributed by atoms with Crippen molar-refractivity contribution in [1.82, 2.24) is 4.90 Å². The van der Waals surface area contributed by atoms with Gasteiger partial charge in [0.1, 0.15) is 11.7 Å². The maximum Gasteiger partial charge on any atom is 0.310 e. The fourth-order valence-electron chi connectivity index (χ4n) is 4.50. The Morgan fingerprint density at radius 1 is 1.15 bits per heavy atom. The molecule has 2 unspecified atom stereocenters. The number of nitrogens with zero attached hydrogens (tertiary/aromatic N) is 3. The molecule has 0 aromatic heterocycles. The summed E-state index contributed by atoms with van der Waals surface area (Å²) in [7, 11) is -1.37. The van der Waals surface area contributed by atoms with Gasteiger partial charge < -0.3 is 9.64 Å². The van der Waals surface area contributed by atoms with Gasteiger partial charge in [0.25, 0.3) is 0 Å². The van der Waals surface area contributed by atoms with Crippen LogP contribution in [0.1, 0.15) is 31.2 Å². The number of aliphatic imine (C=N–C) groups is 1. The summed E-state index contributed by atoms with van der Waals surface area (Å²) in [5, 5.41) is 0. The van der Waals surface area contributed by atoms with E-state index in [2.05, 4.69) is 9.36 Å². The molecule has 0 saturated heterocycles. The summed E-state index contributed by atoms with van der Waals surface area (Å²) in [6, 6.07) is 12.6. The van der Waals surface area contributed by atoms with Gasteiger partial charge in [0, 0.05) is 18.8 Å². The van der Waals surface area contributed by atoms with E-state index in [4.69, 9.17) is 4.74 Å². The molecule has 33 heavy (non-hydrogen) atoms. The molecule has 2 aromatic carbocycles. The van der Waals surface area contributed by atoms with Gasteiger partial charge in [0.05, 0.1) is 39.8 Å². The smallest absolute Gasteiger partial charge is 0.310 e. The summed E-state index contributed by atoms with van der Waals surface area (Å²) in [5.41, 5.74) is 1.29. The molecule has 0 bridgehead atoms. The number of rotatable bonds is 6. The van der Waals surface area contributed by atoms with Gasteiger partial charge in [-0.3, -0.25) is 9.59 Å². The highest BCUT2D eigenvalue weighted by molar-refractivity contribution is 7.93. The van der Waals surface area contributed by atoms with E-state index < -0.39 is 15.6 Å². The predicted octanol–water partition coefficient (Wildman–Crippen LogP) is 4.09. The van der Waals surface area contributed by atoms with E-state index in [1.54, 1.807) is 41.3 Å². The number of halogens is 1. The summed E-state index contributed by atoms with van der Waals surface area (Å²) in [5.74, 6) is -1.22. The van der Waals surface area contributed by atoms with Crippen molar-refractivity contribution in [3.05, 3.63) is 59.9 Å². The first-order chi connectivity index (χ1) is 15.8. The lowest BCUT2D eigenvalue weighted by Crippen LogP contribution is -2.44. The number of esters is 1. The van der Waals surface area contributed by atoms with Crippen LogP contribution < -0.4 is 0 Å². The molecular weight excluding hydrogens is 445 g/mol. The quantitative estimate of drug-likeness (QED) is 0.594. The maximum atomic E-state index is 13.5. The average molecular weight is 472 g/mol. The Kier molecular flexibility index (Phi) is 6.60. The number of carbonyl (C=O) groups excluding carboxylic acids is 2. The number of fused-ring (bicyclic) bond motifs is 1. The molecule has 1 aliphatic heterocycles. The second-order valence-electron chi connectivity index (χ2n) is 8.34.